The highest BCUT2D eigenvalue weighted by atomic mass is 32.2. The van der Waals surface area contributed by atoms with Crippen molar-refractivity contribution in [3.63, 3.8) is 0 Å². The average Bonchev–Trinajstić information content (AvgIpc) is 2.42. The highest BCUT2D eigenvalue weighted by Crippen LogP contribution is 2.14. The molecule has 1 aromatic rings. The van der Waals surface area contributed by atoms with Crippen molar-refractivity contribution in [2.75, 3.05) is 32.7 Å². The van der Waals surface area contributed by atoms with E-state index in [0.29, 0.717) is 36.9 Å². The smallest absolute Gasteiger partial charge is 0.336 e. The Morgan fingerprint density at radius 2 is 2.00 bits per heavy atom. The Balaban J connectivity index is 2.43. The molecule has 1 atom stereocenters. The van der Waals surface area contributed by atoms with Gasteiger partial charge in [-0.2, -0.15) is 0 Å². The molecule has 0 bridgehead atoms. The average molecular weight is 286 g/mol. The number of rotatable bonds is 9. The van der Waals surface area contributed by atoms with Crippen molar-refractivity contribution in [2.45, 2.75) is 11.3 Å². The second-order valence-electron chi connectivity index (χ2n) is 3.81. The summed E-state index contributed by atoms with van der Waals surface area (Å²) < 4.78 is 22.1. The van der Waals surface area contributed by atoms with Crippen LogP contribution in [0.25, 0.3) is 0 Å². The number of carbonyl (C=O) groups is 1. The molecule has 0 amide bonds. The van der Waals surface area contributed by atoms with Gasteiger partial charge in [-0.15, -0.1) is 0 Å². The summed E-state index contributed by atoms with van der Waals surface area (Å²) >= 11 is 0. The lowest BCUT2D eigenvalue weighted by Crippen LogP contribution is -2.09. The molecule has 1 N–H and O–H groups in total. The SMILES string of the molecule is COCCOCCCS(=O)c1ccccc1C(=O)O. The molecule has 6 heteroatoms. The number of ether oxygens (including phenoxy) is 2. The molecular weight excluding hydrogens is 268 g/mol. The number of methoxy groups -OCH3 is 1. The number of aromatic carboxylic acids is 1. The third-order valence-corrected chi connectivity index (χ3v) is 3.92. The summed E-state index contributed by atoms with van der Waals surface area (Å²) in [6.07, 6.45) is 0.615. The summed E-state index contributed by atoms with van der Waals surface area (Å²) in [7, 11) is 0.284. The fourth-order valence-corrected chi connectivity index (χ4v) is 2.72. The quantitative estimate of drug-likeness (QED) is 0.697. The third-order valence-electron chi connectivity index (χ3n) is 2.41. The van der Waals surface area contributed by atoms with Crippen molar-refractivity contribution >= 4 is 16.8 Å². The maximum Gasteiger partial charge on any atom is 0.336 e. The van der Waals surface area contributed by atoms with Gasteiger partial charge in [0.15, 0.2) is 0 Å². The molecule has 0 aliphatic heterocycles. The van der Waals surface area contributed by atoms with Crippen LogP contribution < -0.4 is 0 Å². The number of hydrogen-bond acceptors (Lipinski definition) is 4. The first kappa shape index (κ1) is 15.8. The molecule has 1 unspecified atom stereocenters. The highest BCUT2D eigenvalue weighted by molar-refractivity contribution is 7.85. The van der Waals surface area contributed by atoms with Gasteiger partial charge in [-0.25, -0.2) is 4.79 Å². The summed E-state index contributed by atoms with van der Waals surface area (Å²) in [6, 6.07) is 6.36. The van der Waals surface area contributed by atoms with Gasteiger partial charge >= 0.3 is 5.97 Å². The summed E-state index contributed by atoms with van der Waals surface area (Å²) in [6.45, 7) is 1.53. The molecule has 0 radical (unpaired) electrons. The molecule has 19 heavy (non-hydrogen) atoms. The van der Waals surface area contributed by atoms with Gasteiger partial charge in [0.05, 0.1) is 34.5 Å². The van der Waals surface area contributed by atoms with Crippen LogP contribution in [0.15, 0.2) is 29.2 Å². The van der Waals surface area contributed by atoms with Gasteiger partial charge in [0, 0.05) is 19.5 Å². The number of carboxylic acids is 1. The maximum atomic E-state index is 12.0. The molecule has 0 saturated heterocycles. The van der Waals surface area contributed by atoms with E-state index in [0.717, 1.165) is 0 Å². The zero-order valence-corrected chi connectivity index (χ0v) is 11.6. The van der Waals surface area contributed by atoms with E-state index in [4.69, 9.17) is 14.6 Å². The van der Waals surface area contributed by atoms with Crippen LogP contribution in [0.1, 0.15) is 16.8 Å². The van der Waals surface area contributed by atoms with Crippen LogP contribution in [0.3, 0.4) is 0 Å². The fourth-order valence-electron chi connectivity index (χ4n) is 1.49. The van der Waals surface area contributed by atoms with Crippen molar-refractivity contribution < 1.29 is 23.6 Å². The summed E-state index contributed by atoms with van der Waals surface area (Å²) in [5, 5.41) is 9.01. The molecule has 0 fully saturated rings. The van der Waals surface area contributed by atoms with Gasteiger partial charge < -0.3 is 14.6 Å². The Bertz CT molecular complexity index is 433. The van der Waals surface area contributed by atoms with Crippen molar-refractivity contribution in [1.29, 1.82) is 0 Å². The highest BCUT2D eigenvalue weighted by Gasteiger charge is 2.14. The first-order valence-electron chi connectivity index (χ1n) is 5.94. The third kappa shape index (κ3) is 5.50. The Labute approximate surface area is 115 Å². The van der Waals surface area contributed by atoms with Crippen LogP contribution in [0, 0.1) is 0 Å². The molecule has 0 aliphatic rings. The first-order chi connectivity index (χ1) is 9.16. The zero-order valence-electron chi connectivity index (χ0n) is 10.8. The first-order valence-corrected chi connectivity index (χ1v) is 7.26. The zero-order chi connectivity index (χ0) is 14.1. The minimum Gasteiger partial charge on any atom is -0.478 e. The van der Waals surface area contributed by atoms with E-state index in [2.05, 4.69) is 0 Å². The van der Waals surface area contributed by atoms with Crippen LogP contribution in [-0.2, 0) is 20.3 Å². The van der Waals surface area contributed by atoms with E-state index < -0.39 is 16.8 Å². The van der Waals surface area contributed by atoms with E-state index in [9.17, 15) is 9.00 Å². The monoisotopic (exact) mass is 286 g/mol. The molecule has 0 saturated carbocycles. The summed E-state index contributed by atoms with van der Waals surface area (Å²) in [5.74, 6) is -0.669. The van der Waals surface area contributed by atoms with Crippen LogP contribution in [0.4, 0.5) is 0 Å². The van der Waals surface area contributed by atoms with E-state index in [1.54, 1.807) is 25.3 Å². The maximum absolute atomic E-state index is 12.0. The normalized spacial score (nSPS) is 12.3. The fraction of sp³-hybridized carbons (Fsp3) is 0.462. The molecule has 1 aromatic carbocycles. The lowest BCUT2D eigenvalue weighted by atomic mass is 10.2. The van der Waals surface area contributed by atoms with Crippen molar-refractivity contribution in [3.8, 4) is 0 Å². The van der Waals surface area contributed by atoms with Gasteiger partial charge in [0.25, 0.3) is 0 Å². The lowest BCUT2D eigenvalue weighted by Gasteiger charge is -2.06. The van der Waals surface area contributed by atoms with Gasteiger partial charge in [-0.05, 0) is 18.6 Å². The van der Waals surface area contributed by atoms with Crippen LogP contribution in [0.2, 0.25) is 0 Å². The molecule has 0 aromatic heterocycles. The summed E-state index contributed by atoms with van der Waals surface area (Å²) in [4.78, 5) is 11.4. The number of hydrogen-bond donors (Lipinski definition) is 1. The van der Waals surface area contributed by atoms with E-state index >= 15 is 0 Å². The van der Waals surface area contributed by atoms with Gasteiger partial charge in [-0.3, -0.25) is 4.21 Å². The lowest BCUT2D eigenvalue weighted by molar-refractivity contribution is 0.0693. The minimum absolute atomic E-state index is 0.0983. The second-order valence-corrected chi connectivity index (χ2v) is 5.35. The van der Waals surface area contributed by atoms with Crippen molar-refractivity contribution in [1.82, 2.24) is 0 Å². The van der Waals surface area contributed by atoms with Gasteiger partial charge in [0.1, 0.15) is 0 Å². The van der Waals surface area contributed by atoms with E-state index in [1.165, 1.54) is 6.07 Å². The predicted molar refractivity (Wildman–Crippen MR) is 72.0 cm³/mol. The van der Waals surface area contributed by atoms with E-state index in [-0.39, 0.29) is 5.56 Å². The molecule has 0 spiro atoms. The van der Waals surface area contributed by atoms with E-state index in [1.807, 2.05) is 0 Å². The molecular formula is C13H18O5S. The van der Waals surface area contributed by atoms with Gasteiger partial charge in [-0.1, -0.05) is 12.1 Å². The molecule has 0 aliphatic carbocycles. The largest absolute Gasteiger partial charge is 0.478 e. The Hall–Kier alpha value is -1.24. The van der Waals surface area contributed by atoms with Crippen LogP contribution >= 0.6 is 0 Å². The topological polar surface area (TPSA) is 72.8 Å². The van der Waals surface area contributed by atoms with Crippen LogP contribution in [0.5, 0.6) is 0 Å². The predicted octanol–water partition coefficient (Wildman–Crippen LogP) is 1.55. The van der Waals surface area contributed by atoms with Crippen LogP contribution in [-0.4, -0.2) is 48.0 Å². The Kier molecular flexibility index (Phi) is 7.32. The summed E-state index contributed by atoms with van der Waals surface area (Å²) in [5.41, 5.74) is 0.0983. The molecule has 5 nitrogen and oxygen atoms in total. The standard InChI is InChI=1S/C13H18O5S/c1-17-8-9-18-7-4-10-19(16)12-6-3-2-5-11(12)13(14)15/h2-3,5-6H,4,7-10H2,1H3,(H,14,15). The molecule has 106 valence electrons. The Morgan fingerprint density at radius 1 is 1.26 bits per heavy atom. The van der Waals surface area contributed by atoms with Crippen molar-refractivity contribution in [3.05, 3.63) is 29.8 Å². The van der Waals surface area contributed by atoms with Gasteiger partial charge in [0.2, 0.25) is 0 Å². The number of carboxylic acid groups (broad SMARTS) is 1. The molecule has 0 heterocycles. The number of benzene rings is 1. The minimum atomic E-state index is -1.31. The Morgan fingerprint density at radius 3 is 2.68 bits per heavy atom. The molecule has 1 rings (SSSR count). The van der Waals surface area contributed by atoms with Crippen molar-refractivity contribution in [2.24, 2.45) is 0 Å². The second kappa shape index (κ2) is 8.79.